The minimum atomic E-state index is -1.09. The maximum absolute atomic E-state index is 10.7. The number of nitro groups is 1. The summed E-state index contributed by atoms with van der Waals surface area (Å²) >= 11 is 0. The van der Waals surface area contributed by atoms with E-state index in [-0.39, 0.29) is 18.3 Å². The summed E-state index contributed by atoms with van der Waals surface area (Å²) in [6.07, 6.45) is -1.09. The highest BCUT2D eigenvalue weighted by Gasteiger charge is 2.23. The van der Waals surface area contributed by atoms with Crippen LogP contribution in [-0.2, 0) is 4.74 Å². The number of hydrogen-bond donors (Lipinski definition) is 2. The standard InChI is InChI=1S/C13H17N3O5/c17-13(18)14-9-12(15-5-7-21-8-6-15)10-1-3-11(4-2-10)16(19)20/h1-4,12,14H,5-9H2,(H,17,18). The van der Waals surface area contributed by atoms with E-state index >= 15 is 0 Å². The lowest BCUT2D eigenvalue weighted by molar-refractivity contribution is -0.384. The van der Waals surface area contributed by atoms with Gasteiger partial charge in [0.25, 0.3) is 5.69 Å². The number of nitro benzene ring substituents is 1. The Hall–Kier alpha value is -2.19. The van der Waals surface area contributed by atoms with Crippen molar-refractivity contribution in [3.8, 4) is 0 Å². The van der Waals surface area contributed by atoms with Crippen LogP contribution in [0.15, 0.2) is 24.3 Å². The Bertz CT molecular complexity index is 499. The van der Waals surface area contributed by atoms with Gasteiger partial charge in [-0.3, -0.25) is 15.0 Å². The molecule has 1 aliphatic heterocycles. The topological polar surface area (TPSA) is 105 Å². The van der Waals surface area contributed by atoms with Crippen molar-refractivity contribution in [1.29, 1.82) is 0 Å². The van der Waals surface area contributed by atoms with Gasteiger partial charge >= 0.3 is 6.09 Å². The van der Waals surface area contributed by atoms with Crippen molar-refractivity contribution in [3.05, 3.63) is 39.9 Å². The van der Waals surface area contributed by atoms with Gasteiger partial charge in [-0.25, -0.2) is 4.79 Å². The molecule has 1 heterocycles. The van der Waals surface area contributed by atoms with Crippen molar-refractivity contribution in [2.45, 2.75) is 6.04 Å². The third kappa shape index (κ3) is 4.14. The fourth-order valence-electron chi connectivity index (χ4n) is 2.35. The Balaban J connectivity index is 2.16. The van der Waals surface area contributed by atoms with Crippen LogP contribution >= 0.6 is 0 Å². The summed E-state index contributed by atoms with van der Waals surface area (Å²) in [5.41, 5.74) is 0.863. The van der Waals surface area contributed by atoms with Gasteiger partial charge in [-0.1, -0.05) is 12.1 Å². The quantitative estimate of drug-likeness (QED) is 0.625. The highest BCUT2D eigenvalue weighted by atomic mass is 16.6. The molecule has 114 valence electrons. The summed E-state index contributed by atoms with van der Waals surface area (Å²) in [5, 5.41) is 21.8. The van der Waals surface area contributed by atoms with E-state index in [0.29, 0.717) is 26.3 Å². The average molecular weight is 295 g/mol. The first-order valence-corrected chi connectivity index (χ1v) is 6.61. The summed E-state index contributed by atoms with van der Waals surface area (Å²) in [7, 11) is 0. The molecule has 1 aromatic rings. The molecule has 0 bridgehead atoms. The Morgan fingerprint density at radius 3 is 2.52 bits per heavy atom. The van der Waals surface area contributed by atoms with E-state index in [1.165, 1.54) is 12.1 Å². The summed E-state index contributed by atoms with van der Waals surface area (Å²) in [6, 6.07) is 6.04. The fraction of sp³-hybridized carbons (Fsp3) is 0.462. The minimum Gasteiger partial charge on any atom is -0.465 e. The molecular weight excluding hydrogens is 278 g/mol. The average Bonchev–Trinajstić information content (AvgIpc) is 2.49. The normalized spacial score (nSPS) is 17.1. The van der Waals surface area contributed by atoms with Gasteiger partial charge in [-0.05, 0) is 5.56 Å². The molecule has 8 heteroatoms. The first-order chi connectivity index (χ1) is 10.1. The van der Waals surface area contributed by atoms with Crippen LogP contribution in [0.1, 0.15) is 11.6 Å². The number of amides is 1. The molecule has 1 aromatic carbocycles. The maximum atomic E-state index is 10.7. The molecule has 0 aromatic heterocycles. The van der Waals surface area contributed by atoms with Gasteiger partial charge in [0.15, 0.2) is 0 Å². The van der Waals surface area contributed by atoms with Gasteiger partial charge in [0, 0.05) is 31.8 Å². The van der Waals surface area contributed by atoms with E-state index in [1.807, 2.05) is 0 Å². The maximum Gasteiger partial charge on any atom is 0.404 e. The molecule has 0 aliphatic carbocycles. The van der Waals surface area contributed by atoms with Crippen LogP contribution in [0.3, 0.4) is 0 Å². The van der Waals surface area contributed by atoms with Crippen molar-refractivity contribution in [2.24, 2.45) is 0 Å². The summed E-state index contributed by atoms with van der Waals surface area (Å²) in [5.74, 6) is 0. The van der Waals surface area contributed by atoms with E-state index in [9.17, 15) is 14.9 Å². The molecule has 1 saturated heterocycles. The predicted molar refractivity (Wildman–Crippen MR) is 74.3 cm³/mol. The molecule has 21 heavy (non-hydrogen) atoms. The van der Waals surface area contributed by atoms with Gasteiger partial charge in [0.2, 0.25) is 0 Å². The van der Waals surface area contributed by atoms with Crippen molar-refractivity contribution in [3.63, 3.8) is 0 Å². The van der Waals surface area contributed by atoms with Crippen LogP contribution in [-0.4, -0.2) is 53.9 Å². The number of carbonyl (C=O) groups is 1. The molecule has 1 fully saturated rings. The molecule has 1 unspecified atom stereocenters. The van der Waals surface area contributed by atoms with Gasteiger partial charge in [-0.2, -0.15) is 0 Å². The Labute approximate surface area is 121 Å². The third-order valence-electron chi connectivity index (χ3n) is 3.42. The number of hydrogen-bond acceptors (Lipinski definition) is 5. The smallest absolute Gasteiger partial charge is 0.404 e. The zero-order chi connectivity index (χ0) is 15.2. The van der Waals surface area contributed by atoms with Crippen LogP contribution in [0.4, 0.5) is 10.5 Å². The lowest BCUT2D eigenvalue weighted by atomic mass is 10.0. The largest absolute Gasteiger partial charge is 0.465 e. The SMILES string of the molecule is O=C(O)NCC(c1ccc([N+](=O)[O-])cc1)N1CCOCC1. The predicted octanol–water partition coefficient (Wildman–Crippen LogP) is 1.24. The van der Waals surface area contributed by atoms with Crippen molar-refractivity contribution in [1.82, 2.24) is 10.2 Å². The molecular formula is C13H17N3O5. The first-order valence-electron chi connectivity index (χ1n) is 6.61. The highest BCUT2D eigenvalue weighted by molar-refractivity contribution is 5.64. The second-order valence-corrected chi connectivity index (χ2v) is 4.70. The van der Waals surface area contributed by atoms with Crippen LogP contribution in [0.5, 0.6) is 0 Å². The number of rotatable bonds is 5. The van der Waals surface area contributed by atoms with Gasteiger partial charge in [0.1, 0.15) is 0 Å². The second kappa shape index (κ2) is 7.00. The molecule has 2 rings (SSSR count). The van der Waals surface area contributed by atoms with Crippen LogP contribution in [0.2, 0.25) is 0 Å². The molecule has 1 aliphatic rings. The zero-order valence-corrected chi connectivity index (χ0v) is 11.4. The van der Waals surface area contributed by atoms with Gasteiger partial charge < -0.3 is 15.2 Å². The minimum absolute atomic E-state index is 0.0191. The number of carboxylic acid groups (broad SMARTS) is 1. The summed E-state index contributed by atoms with van der Waals surface area (Å²) in [6.45, 7) is 2.81. The van der Waals surface area contributed by atoms with Crippen molar-refractivity contribution >= 4 is 11.8 Å². The zero-order valence-electron chi connectivity index (χ0n) is 11.4. The Kier molecular flexibility index (Phi) is 5.07. The fourth-order valence-corrected chi connectivity index (χ4v) is 2.35. The third-order valence-corrected chi connectivity index (χ3v) is 3.42. The first kappa shape index (κ1) is 15.2. The monoisotopic (exact) mass is 295 g/mol. The molecule has 0 spiro atoms. The molecule has 8 nitrogen and oxygen atoms in total. The van der Waals surface area contributed by atoms with Crippen molar-refractivity contribution < 1.29 is 19.6 Å². The van der Waals surface area contributed by atoms with Crippen LogP contribution in [0.25, 0.3) is 0 Å². The Morgan fingerprint density at radius 1 is 1.38 bits per heavy atom. The lowest BCUT2D eigenvalue weighted by Crippen LogP contribution is -2.43. The van der Waals surface area contributed by atoms with E-state index in [2.05, 4.69) is 10.2 Å². The number of nitrogens with zero attached hydrogens (tertiary/aromatic N) is 2. The number of morpholine rings is 1. The molecule has 1 atom stereocenters. The molecule has 0 saturated carbocycles. The number of benzene rings is 1. The highest BCUT2D eigenvalue weighted by Crippen LogP contribution is 2.23. The second-order valence-electron chi connectivity index (χ2n) is 4.70. The van der Waals surface area contributed by atoms with Crippen molar-refractivity contribution in [2.75, 3.05) is 32.8 Å². The molecule has 2 N–H and O–H groups in total. The van der Waals surface area contributed by atoms with Crippen LogP contribution < -0.4 is 5.32 Å². The summed E-state index contributed by atoms with van der Waals surface area (Å²) < 4.78 is 5.29. The van der Waals surface area contributed by atoms with Crippen LogP contribution in [0, 0.1) is 10.1 Å². The Morgan fingerprint density at radius 2 is 2.00 bits per heavy atom. The van der Waals surface area contributed by atoms with E-state index in [1.54, 1.807) is 12.1 Å². The van der Waals surface area contributed by atoms with E-state index < -0.39 is 11.0 Å². The van der Waals surface area contributed by atoms with Gasteiger partial charge in [0.05, 0.1) is 24.2 Å². The number of non-ortho nitro benzene ring substituents is 1. The lowest BCUT2D eigenvalue weighted by Gasteiger charge is -2.34. The summed E-state index contributed by atoms with van der Waals surface area (Å²) in [4.78, 5) is 23.1. The number of nitrogens with one attached hydrogen (secondary N) is 1. The van der Waals surface area contributed by atoms with Gasteiger partial charge in [-0.15, -0.1) is 0 Å². The molecule has 1 amide bonds. The van der Waals surface area contributed by atoms with E-state index in [0.717, 1.165) is 5.56 Å². The molecule has 0 radical (unpaired) electrons. The van der Waals surface area contributed by atoms with E-state index in [4.69, 9.17) is 9.84 Å². The number of ether oxygens (including phenoxy) is 1.